The lowest BCUT2D eigenvalue weighted by Crippen LogP contribution is -2.30. The van der Waals surface area contributed by atoms with Gasteiger partial charge in [0.25, 0.3) is 0 Å². The minimum Gasteiger partial charge on any atom is -0.361 e. The predicted molar refractivity (Wildman–Crippen MR) is 85.9 cm³/mol. The topological polar surface area (TPSA) is 70.2 Å². The maximum absolute atomic E-state index is 13.2. The van der Waals surface area contributed by atoms with Crippen molar-refractivity contribution in [2.75, 3.05) is 4.31 Å². The summed E-state index contributed by atoms with van der Waals surface area (Å²) in [5, 5.41) is 0.905. The number of aromatic amines is 1. The molecule has 1 N–H and O–H groups in total. The molecule has 0 bridgehead atoms. The Morgan fingerprint density at radius 3 is 2.70 bits per heavy atom. The van der Waals surface area contributed by atoms with Crippen LogP contribution >= 0.6 is 0 Å². The number of carbonyl (C=O) groups is 1. The molecule has 0 saturated carbocycles. The smallest absolute Gasteiger partial charge is 0.245 e. The second-order valence-electron chi connectivity index (χ2n) is 5.04. The molecule has 0 unspecified atom stereocenters. The molecule has 3 rings (SSSR count). The van der Waals surface area contributed by atoms with Gasteiger partial charge in [-0.1, -0.05) is 18.2 Å². The monoisotopic (exact) mass is 332 g/mol. The van der Waals surface area contributed by atoms with Crippen molar-refractivity contribution < 1.29 is 17.6 Å². The highest BCUT2D eigenvalue weighted by atomic mass is 32.2. The number of sulfonamides is 1. The van der Waals surface area contributed by atoms with E-state index in [4.69, 9.17) is 0 Å². The van der Waals surface area contributed by atoms with Crippen LogP contribution in [0.25, 0.3) is 10.9 Å². The molecule has 1 amide bonds. The molecule has 0 aliphatic carbocycles. The Balaban J connectivity index is 1.96. The highest BCUT2D eigenvalue weighted by Crippen LogP contribution is 2.24. The van der Waals surface area contributed by atoms with Gasteiger partial charge >= 0.3 is 0 Å². The Morgan fingerprint density at radius 2 is 1.96 bits per heavy atom. The molecule has 0 aliphatic heterocycles. The van der Waals surface area contributed by atoms with Crippen LogP contribution in [0.4, 0.5) is 10.1 Å². The van der Waals surface area contributed by atoms with E-state index < -0.39 is 21.6 Å². The van der Waals surface area contributed by atoms with Gasteiger partial charge in [0.05, 0.1) is 11.4 Å². The number of nitrogens with one attached hydrogen (secondary N) is 1. The zero-order valence-corrected chi connectivity index (χ0v) is 12.8. The molecule has 0 saturated heterocycles. The molecule has 1 heterocycles. The van der Waals surface area contributed by atoms with Crippen LogP contribution in [-0.2, 0) is 20.6 Å². The summed E-state index contributed by atoms with van der Waals surface area (Å²) >= 11 is 0. The summed E-state index contributed by atoms with van der Waals surface area (Å²) < 4.78 is 38.8. The Labute approximate surface area is 132 Å². The fourth-order valence-electron chi connectivity index (χ4n) is 2.37. The molecule has 3 aromatic rings. The maximum Gasteiger partial charge on any atom is 0.245 e. The lowest BCUT2D eigenvalue weighted by molar-refractivity contribution is -0.106. The third kappa shape index (κ3) is 3.09. The highest BCUT2D eigenvalue weighted by molar-refractivity contribution is 7.92. The van der Waals surface area contributed by atoms with Crippen molar-refractivity contribution in [1.29, 1.82) is 0 Å². The zero-order chi connectivity index (χ0) is 16.4. The van der Waals surface area contributed by atoms with Gasteiger partial charge in [-0.3, -0.25) is 4.79 Å². The molecule has 0 radical (unpaired) electrons. The Morgan fingerprint density at radius 1 is 1.13 bits per heavy atom. The Bertz CT molecular complexity index is 966. The third-order valence-electron chi connectivity index (χ3n) is 3.43. The SMILES string of the molecule is O=CN(c1ccc2cc[nH]c2c1)S(=O)(=O)Cc1cccc(F)c1. The molecule has 0 fully saturated rings. The Kier molecular flexibility index (Phi) is 3.87. The summed E-state index contributed by atoms with van der Waals surface area (Å²) in [6.07, 6.45) is 1.97. The summed E-state index contributed by atoms with van der Waals surface area (Å²) in [6, 6.07) is 12.0. The molecule has 23 heavy (non-hydrogen) atoms. The van der Waals surface area contributed by atoms with Crippen LogP contribution in [0.1, 0.15) is 5.56 Å². The van der Waals surface area contributed by atoms with Crippen molar-refractivity contribution in [2.24, 2.45) is 0 Å². The number of carbonyl (C=O) groups excluding carboxylic acids is 1. The van der Waals surface area contributed by atoms with Gasteiger partial charge < -0.3 is 4.98 Å². The van der Waals surface area contributed by atoms with Crippen molar-refractivity contribution in [1.82, 2.24) is 4.98 Å². The molecular formula is C16H13FN2O3S. The average molecular weight is 332 g/mol. The van der Waals surface area contributed by atoms with E-state index in [1.807, 2.05) is 6.07 Å². The second-order valence-corrected chi connectivity index (χ2v) is 6.88. The van der Waals surface area contributed by atoms with Crippen LogP contribution < -0.4 is 4.31 Å². The summed E-state index contributed by atoms with van der Waals surface area (Å²) in [6.45, 7) is 0. The second kappa shape index (κ2) is 5.85. The number of hydrogen-bond donors (Lipinski definition) is 1. The first-order chi connectivity index (χ1) is 11.0. The molecule has 0 spiro atoms. The highest BCUT2D eigenvalue weighted by Gasteiger charge is 2.23. The molecule has 1 aromatic heterocycles. The fourth-order valence-corrected chi connectivity index (χ4v) is 3.67. The van der Waals surface area contributed by atoms with E-state index in [2.05, 4.69) is 4.98 Å². The van der Waals surface area contributed by atoms with Gasteiger partial charge in [-0.05, 0) is 41.3 Å². The molecule has 0 aliphatic rings. The fraction of sp³-hybridized carbons (Fsp3) is 0.0625. The van der Waals surface area contributed by atoms with E-state index in [1.165, 1.54) is 18.2 Å². The number of hydrogen-bond acceptors (Lipinski definition) is 3. The van der Waals surface area contributed by atoms with Crippen molar-refractivity contribution in [3.8, 4) is 0 Å². The zero-order valence-electron chi connectivity index (χ0n) is 11.9. The third-order valence-corrected chi connectivity index (χ3v) is 5.02. The molecular weight excluding hydrogens is 319 g/mol. The van der Waals surface area contributed by atoms with E-state index in [-0.39, 0.29) is 17.7 Å². The van der Waals surface area contributed by atoms with Gasteiger partial charge in [-0.15, -0.1) is 0 Å². The number of anilines is 1. The minimum atomic E-state index is -3.96. The predicted octanol–water partition coefficient (Wildman–Crippen LogP) is 2.80. The van der Waals surface area contributed by atoms with Crippen LogP contribution in [-0.4, -0.2) is 19.8 Å². The van der Waals surface area contributed by atoms with Crippen LogP contribution in [0.2, 0.25) is 0 Å². The number of H-pyrrole nitrogens is 1. The number of rotatable bonds is 5. The summed E-state index contributed by atoms with van der Waals surface area (Å²) in [7, 11) is -3.96. The lowest BCUT2D eigenvalue weighted by Gasteiger charge is -2.18. The normalized spacial score (nSPS) is 11.5. The van der Waals surface area contributed by atoms with Gasteiger partial charge in [0, 0.05) is 11.7 Å². The van der Waals surface area contributed by atoms with Crippen molar-refractivity contribution in [2.45, 2.75) is 5.75 Å². The summed E-state index contributed by atoms with van der Waals surface area (Å²) in [5.41, 5.74) is 1.22. The van der Waals surface area contributed by atoms with Crippen LogP contribution in [0.5, 0.6) is 0 Å². The van der Waals surface area contributed by atoms with Gasteiger partial charge in [0.2, 0.25) is 16.4 Å². The number of aromatic nitrogens is 1. The van der Waals surface area contributed by atoms with Gasteiger partial charge in [0.1, 0.15) is 5.82 Å². The maximum atomic E-state index is 13.2. The van der Waals surface area contributed by atoms with E-state index >= 15 is 0 Å². The number of benzene rings is 2. The number of amides is 1. The van der Waals surface area contributed by atoms with E-state index in [1.54, 1.807) is 24.4 Å². The lowest BCUT2D eigenvalue weighted by atomic mass is 10.2. The molecule has 5 nitrogen and oxygen atoms in total. The first kappa shape index (κ1) is 15.2. The van der Waals surface area contributed by atoms with Crippen molar-refractivity contribution in [3.63, 3.8) is 0 Å². The van der Waals surface area contributed by atoms with Crippen LogP contribution in [0.3, 0.4) is 0 Å². The van der Waals surface area contributed by atoms with Crippen molar-refractivity contribution >= 4 is 33.0 Å². The number of nitrogens with zero attached hydrogens (tertiary/aromatic N) is 1. The summed E-state index contributed by atoms with van der Waals surface area (Å²) in [4.78, 5) is 14.3. The molecule has 0 atom stereocenters. The van der Waals surface area contributed by atoms with Crippen LogP contribution in [0.15, 0.2) is 54.7 Å². The first-order valence-electron chi connectivity index (χ1n) is 6.78. The van der Waals surface area contributed by atoms with Gasteiger partial charge in [0.15, 0.2) is 0 Å². The largest absolute Gasteiger partial charge is 0.361 e. The summed E-state index contributed by atoms with van der Waals surface area (Å²) in [5.74, 6) is -0.991. The van der Waals surface area contributed by atoms with Gasteiger partial charge in [-0.2, -0.15) is 0 Å². The Hall–Kier alpha value is -2.67. The number of halogens is 1. The van der Waals surface area contributed by atoms with E-state index in [9.17, 15) is 17.6 Å². The van der Waals surface area contributed by atoms with Crippen LogP contribution in [0, 0.1) is 5.82 Å². The molecule has 2 aromatic carbocycles. The molecule has 7 heteroatoms. The van der Waals surface area contributed by atoms with E-state index in [0.717, 1.165) is 17.0 Å². The average Bonchev–Trinajstić information content (AvgIpc) is 2.94. The van der Waals surface area contributed by atoms with E-state index in [0.29, 0.717) is 4.31 Å². The quantitative estimate of drug-likeness (QED) is 0.730. The number of fused-ring (bicyclic) bond motifs is 1. The standard InChI is InChI=1S/C16H13FN2O3S/c17-14-3-1-2-12(8-14)10-23(21,22)19(11-20)15-5-4-13-6-7-18-16(13)9-15/h1-9,11,18H,10H2. The molecule has 118 valence electrons. The first-order valence-corrected chi connectivity index (χ1v) is 8.39. The van der Waals surface area contributed by atoms with Crippen molar-refractivity contribution in [3.05, 3.63) is 66.1 Å². The minimum absolute atomic E-state index is 0.228. The van der Waals surface area contributed by atoms with Gasteiger partial charge in [-0.25, -0.2) is 17.1 Å².